The van der Waals surface area contributed by atoms with E-state index in [1.807, 2.05) is 36.5 Å². The summed E-state index contributed by atoms with van der Waals surface area (Å²) in [5, 5.41) is 8.62. The summed E-state index contributed by atoms with van der Waals surface area (Å²) in [6.07, 6.45) is 1.86. The normalized spacial score (nSPS) is 10.8. The van der Waals surface area contributed by atoms with Crippen molar-refractivity contribution in [3.05, 3.63) is 42.1 Å². The summed E-state index contributed by atoms with van der Waals surface area (Å²) in [5.41, 5.74) is 3.46. The van der Waals surface area contributed by atoms with Crippen molar-refractivity contribution >= 4 is 0 Å². The molecule has 0 saturated heterocycles. The molecule has 0 aliphatic carbocycles. The summed E-state index contributed by atoms with van der Waals surface area (Å²) < 4.78 is 23.4. The van der Waals surface area contributed by atoms with E-state index in [1.165, 1.54) is 0 Å². The highest BCUT2D eigenvalue weighted by Crippen LogP contribution is 2.38. The average Bonchev–Trinajstić information content (AvgIpc) is 3.21. The second-order valence-electron chi connectivity index (χ2n) is 6.54. The van der Waals surface area contributed by atoms with Gasteiger partial charge < -0.3 is 18.9 Å². The smallest absolute Gasteiger partial charge is 0.162 e. The summed E-state index contributed by atoms with van der Waals surface area (Å²) in [5.74, 6) is 3.05. The van der Waals surface area contributed by atoms with E-state index >= 15 is 0 Å². The summed E-state index contributed by atoms with van der Waals surface area (Å²) in [6, 6.07) is 9.51. The first-order chi connectivity index (χ1) is 13.5. The van der Waals surface area contributed by atoms with Crippen molar-refractivity contribution in [1.29, 1.82) is 0 Å². The molecule has 0 N–H and O–H groups in total. The quantitative estimate of drug-likeness (QED) is 0.612. The summed E-state index contributed by atoms with van der Waals surface area (Å²) in [6.45, 7) is 4.24. The van der Waals surface area contributed by atoms with Crippen LogP contribution in [-0.4, -0.2) is 43.4 Å². The van der Waals surface area contributed by atoms with Gasteiger partial charge in [-0.3, -0.25) is 0 Å². The number of benzene rings is 2. The Morgan fingerprint density at radius 1 is 0.786 bits per heavy atom. The number of hydrogen-bond donors (Lipinski definition) is 0. The highest BCUT2D eigenvalue weighted by atomic mass is 16.5. The van der Waals surface area contributed by atoms with Crippen molar-refractivity contribution in [1.82, 2.24) is 15.0 Å². The van der Waals surface area contributed by atoms with Crippen molar-refractivity contribution < 1.29 is 18.9 Å². The van der Waals surface area contributed by atoms with Crippen LogP contribution in [0.4, 0.5) is 0 Å². The minimum absolute atomic E-state index is 0.292. The number of methoxy groups -OCH3 is 4. The lowest BCUT2D eigenvalue weighted by Crippen LogP contribution is -1.98. The van der Waals surface area contributed by atoms with Crippen molar-refractivity contribution in [2.75, 3.05) is 28.4 Å². The first-order valence-electron chi connectivity index (χ1n) is 8.93. The minimum atomic E-state index is 0.292. The third-order valence-corrected chi connectivity index (χ3v) is 4.57. The van der Waals surface area contributed by atoms with E-state index in [9.17, 15) is 0 Å². The van der Waals surface area contributed by atoms with Crippen LogP contribution in [0.15, 0.2) is 36.5 Å². The second kappa shape index (κ2) is 8.21. The molecule has 28 heavy (non-hydrogen) atoms. The van der Waals surface area contributed by atoms with Crippen LogP contribution in [0.2, 0.25) is 0 Å². The first-order valence-corrected chi connectivity index (χ1v) is 8.93. The van der Waals surface area contributed by atoms with Gasteiger partial charge in [0.15, 0.2) is 11.5 Å². The molecule has 7 heteroatoms. The predicted molar refractivity (Wildman–Crippen MR) is 107 cm³/mol. The van der Waals surface area contributed by atoms with Crippen LogP contribution in [-0.2, 0) is 0 Å². The number of rotatable bonds is 7. The zero-order valence-electron chi connectivity index (χ0n) is 17.0. The predicted octanol–water partition coefficient (Wildman–Crippen LogP) is 4.09. The van der Waals surface area contributed by atoms with Gasteiger partial charge in [-0.25, -0.2) is 4.68 Å². The van der Waals surface area contributed by atoms with E-state index in [4.69, 9.17) is 18.9 Å². The lowest BCUT2D eigenvalue weighted by Gasteiger charge is -2.16. The average molecular weight is 383 g/mol. The number of aromatic nitrogens is 3. The van der Waals surface area contributed by atoms with Gasteiger partial charge in [0.25, 0.3) is 0 Å². The van der Waals surface area contributed by atoms with Crippen LogP contribution >= 0.6 is 0 Å². The van der Waals surface area contributed by atoms with Crippen molar-refractivity contribution in [2.45, 2.75) is 19.8 Å². The van der Waals surface area contributed by atoms with Gasteiger partial charge >= 0.3 is 0 Å². The van der Waals surface area contributed by atoms with Gasteiger partial charge in [0, 0.05) is 17.7 Å². The fourth-order valence-corrected chi connectivity index (χ4v) is 3.06. The number of nitrogens with zero attached hydrogens (tertiary/aromatic N) is 3. The molecule has 0 atom stereocenters. The molecule has 0 saturated carbocycles. The van der Waals surface area contributed by atoms with Gasteiger partial charge in [-0.05, 0) is 29.7 Å². The van der Waals surface area contributed by atoms with E-state index in [2.05, 4.69) is 24.2 Å². The number of hydrogen-bond acceptors (Lipinski definition) is 6. The molecule has 0 aliphatic heterocycles. The number of ether oxygens (including phenoxy) is 4. The van der Waals surface area contributed by atoms with Crippen LogP contribution in [0.25, 0.3) is 16.9 Å². The molecule has 0 bridgehead atoms. The largest absolute Gasteiger partial charge is 0.496 e. The molecular weight excluding hydrogens is 358 g/mol. The maximum Gasteiger partial charge on any atom is 0.162 e. The highest BCUT2D eigenvalue weighted by molar-refractivity contribution is 5.70. The monoisotopic (exact) mass is 383 g/mol. The molecule has 0 amide bonds. The Balaban J connectivity index is 2.06. The molecule has 3 rings (SSSR count). The van der Waals surface area contributed by atoms with Crippen molar-refractivity contribution in [3.63, 3.8) is 0 Å². The zero-order chi connectivity index (χ0) is 20.3. The third-order valence-electron chi connectivity index (χ3n) is 4.57. The van der Waals surface area contributed by atoms with Gasteiger partial charge in [0.2, 0.25) is 0 Å². The van der Waals surface area contributed by atoms with Crippen molar-refractivity contribution in [3.8, 4) is 39.9 Å². The van der Waals surface area contributed by atoms with Crippen LogP contribution in [0.3, 0.4) is 0 Å². The molecule has 2 aromatic carbocycles. The SMILES string of the molecule is COc1ccc(-n2cc(-c3cc(C(C)C)c(OC)cc3OC)nn2)cc1OC. The lowest BCUT2D eigenvalue weighted by molar-refractivity contribution is 0.354. The summed E-state index contributed by atoms with van der Waals surface area (Å²) in [7, 11) is 6.50. The van der Waals surface area contributed by atoms with E-state index in [-0.39, 0.29) is 0 Å². The van der Waals surface area contributed by atoms with E-state index in [0.29, 0.717) is 28.9 Å². The molecular formula is C21H25N3O4. The zero-order valence-corrected chi connectivity index (χ0v) is 17.0. The van der Waals surface area contributed by atoms with Gasteiger partial charge in [0.1, 0.15) is 17.2 Å². The molecule has 148 valence electrons. The van der Waals surface area contributed by atoms with E-state index in [0.717, 1.165) is 22.6 Å². The molecule has 0 spiro atoms. The van der Waals surface area contributed by atoms with Crippen LogP contribution in [0.5, 0.6) is 23.0 Å². The summed E-state index contributed by atoms with van der Waals surface area (Å²) >= 11 is 0. The van der Waals surface area contributed by atoms with Crippen LogP contribution in [0, 0.1) is 0 Å². The van der Waals surface area contributed by atoms with Gasteiger partial charge in [0.05, 0.1) is 40.3 Å². The minimum Gasteiger partial charge on any atom is -0.496 e. The van der Waals surface area contributed by atoms with Gasteiger partial charge in [-0.1, -0.05) is 19.1 Å². The molecule has 0 aliphatic rings. The Bertz CT molecular complexity index is 966. The van der Waals surface area contributed by atoms with Gasteiger partial charge in [-0.15, -0.1) is 5.10 Å². The Kier molecular flexibility index (Phi) is 5.73. The molecule has 0 fully saturated rings. The first kappa shape index (κ1) is 19.5. The van der Waals surface area contributed by atoms with E-state index in [1.54, 1.807) is 33.1 Å². The van der Waals surface area contributed by atoms with Crippen LogP contribution < -0.4 is 18.9 Å². The molecule has 1 aromatic heterocycles. The highest BCUT2D eigenvalue weighted by Gasteiger charge is 2.18. The summed E-state index contributed by atoms with van der Waals surface area (Å²) in [4.78, 5) is 0. The second-order valence-corrected chi connectivity index (χ2v) is 6.54. The maximum absolute atomic E-state index is 5.57. The molecule has 0 unspecified atom stereocenters. The standard InChI is InChI=1S/C21H25N3O4/c1-13(2)15-10-16(20(27-5)11-19(15)26-4)17-12-24(23-22-17)14-7-8-18(25-3)21(9-14)28-6/h7-13H,1-6H3. The molecule has 1 heterocycles. The molecule has 7 nitrogen and oxygen atoms in total. The topological polar surface area (TPSA) is 67.6 Å². The fourth-order valence-electron chi connectivity index (χ4n) is 3.06. The van der Waals surface area contributed by atoms with Gasteiger partial charge in [-0.2, -0.15) is 0 Å². The maximum atomic E-state index is 5.57. The third kappa shape index (κ3) is 3.60. The molecule has 0 radical (unpaired) electrons. The Labute approximate surface area is 164 Å². The van der Waals surface area contributed by atoms with Crippen LogP contribution in [0.1, 0.15) is 25.3 Å². The molecule has 3 aromatic rings. The fraction of sp³-hybridized carbons (Fsp3) is 0.333. The van der Waals surface area contributed by atoms with Crippen molar-refractivity contribution in [2.24, 2.45) is 0 Å². The van der Waals surface area contributed by atoms with E-state index < -0.39 is 0 Å². The Morgan fingerprint density at radius 3 is 2.07 bits per heavy atom. The Morgan fingerprint density at radius 2 is 1.46 bits per heavy atom. The Hall–Kier alpha value is -3.22. The lowest BCUT2D eigenvalue weighted by atomic mass is 9.97.